The van der Waals surface area contributed by atoms with Gasteiger partial charge in [-0.05, 0) is 49.5 Å². The van der Waals surface area contributed by atoms with Crippen molar-refractivity contribution in [3.8, 4) is 0 Å². The number of amides is 3. The molecule has 3 amide bonds. The van der Waals surface area contributed by atoms with Crippen molar-refractivity contribution in [2.45, 2.75) is 69.5 Å². The Hall–Kier alpha value is -3.73. The minimum Gasteiger partial charge on any atom is -0.352 e. The summed E-state index contributed by atoms with van der Waals surface area (Å²) in [5.41, 5.74) is 0.0972. The van der Waals surface area contributed by atoms with Gasteiger partial charge in [0, 0.05) is 54.3 Å². The van der Waals surface area contributed by atoms with Crippen LogP contribution >= 0.6 is 11.6 Å². The average Bonchev–Trinajstić information content (AvgIpc) is 3.35. The Morgan fingerprint density at radius 3 is 2.62 bits per heavy atom. The van der Waals surface area contributed by atoms with Crippen LogP contribution in [0.4, 0.5) is 24.7 Å². The third-order valence-electron chi connectivity index (χ3n) is 8.12. The molecule has 8 nitrogen and oxygen atoms in total. The summed E-state index contributed by atoms with van der Waals surface area (Å²) >= 11 is 6.71. The van der Waals surface area contributed by atoms with Crippen LogP contribution in [0.5, 0.6) is 0 Å². The number of rotatable bonds is 7. The van der Waals surface area contributed by atoms with E-state index in [0.717, 1.165) is 6.07 Å². The number of allylic oxidation sites excluding steroid dienone is 3. The second-order valence-electron chi connectivity index (χ2n) is 11.0. The molecule has 1 aliphatic heterocycles. The maximum absolute atomic E-state index is 14.6. The van der Waals surface area contributed by atoms with Gasteiger partial charge in [0.05, 0.1) is 6.20 Å². The van der Waals surface area contributed by atoms with E-state index in [4.69, 9.17) is 11.6 Å². The van der Waals surface area contributed by atoms with Crippen molar-refractivity contribution in [1.82, 2.24) is 15.3 Å². The lowest BCUT2D eigenvalue weighted by atomic mass is 9.81. The van der Waals surface area contributed by atoms with Crippen molar-refractivity contribution in [2.75, 3.05) is 9.80 Å². The number of benzene rings is 1. The Morgan fingerprint density at radius 2 is 1.95 bits per heavy atom. The van der Waals surface area contributed by atoms with Crippen LogP contribution < -0.4 is 15.1 Å². The highest BCUT2D eigenvalue weighted by Crippen LogP contribution is 2.39. The fourth-order valence-electron chi connectivity index (χ4n) is 5.99. The van der Waals surface area contributed by atoms with Crippen LogP contribution in [0.15, 0.2) is 66.1 Å². The molecule has 0 spiro atoms. The van der Waals surface area contributed by atoms with Crippen LogP contribution in [-0.2, 0) is 14.4 Å². The highest BCUT2D eigenvalue weighted by atomic mass is 35.5. The van der Waals surface area contributed by atoms with Gasteiger partial charge in [-0.15, -0.1) is 0 Å². The van der Waals surface area contributed by atoms with Crippen LogP contribution in [0.3, 0.4) is 0 Å². The summed E-state index contributed by atoms with van der Waals surface area (Å²) in [5, 5.41) is 3.19. The lowest BCUT2D eigenvalue weighted by molar-refractivity contribution is -0.129. The predicted octanol–water partition coefficient (Wildman–Crippen LogP) is 5.15. The summed E-state index contributed by atoms with van der Waals surface area (Å²) in [6.45, 7) is 1.84. The summed E-state index contributed by atoms with van der Waals surface area (Å²) in [4.78, 5) is 52.4. The van der Waals surface area contributed by atoms with Gasteiger partial charge in [-0.2, -0.15) is 0 Å². The van der Waals surface area contributed by atoms with Crippen molar-refractivity contribution in [2.24, 2.45) is 11.8 Å². The maximum Gasteiger partial charge on any atom is 0.251 e. The van der Waals surface area contributed by atoms with Crippen LogP contribution in [0.2, 0.25) is 0 Å². The monoisotopic (exact) mass is 601 g/mol. The molecule has 1 saturated heterocycles. The van der Waals surface area contributed by atoms with E-state index >= 15 is 0 Å². The van der Waals surface area contributed by atoms with Gasteiger partial charge in [-0.3, -0.25) is 29.2 Å². The third-order valence-corrected chi connectivity index (χ3v) is 8.50. The number of nitrogens with zero attached hydrogens (tertiary/aromatic N) is 4. The topological polar surface area (TPSA) is 95.5 Å². The molecule has 12 heteroatoms. The van der Waals surface area contributed by atoms with Gasteiger partial charge in [-0.25, -0.2) is 18.2 Å². The summed E-state index contributed by atoms with van der Waals surface area (Å²) in [5.74, 6) is -5.88. The minimum absolute atomic E-state index is 0.0559. The first-order valence-electron chi connectivity index (χ1n) is 13.9. The fraction of sp³-hybridized carbons (Fsp3) is 0.433. The molecule has 0 bridgehead atoms. The summed E-state index contributed by atoms with van der Waals surface area (Å²) in [6.07, 6.45) is 9.03. The Balaban J connectivity index is 1.58. The van der Waals surface area contributed by atoms with E-state index in [1.807, 2.05) is 13.0 Å². The Labute approximate surface area is 246 Å². The molecule has 2 fully saturated rings. The maximum atomic E-state index is 14.6. The summed E-state index contributed by atoms with van der Waals surface area (Å²) in [6, 6.07) is 2.41. The van der Waals surface area contributed by atoms with Crippen molar-refractivity contribution < 1.29 is 27.6 Å². The summed E-state index contributed by atoms with van der Waals surface area (Å²) < 4.78 is 42.4. The number of aromatic nitrogens is 2. The lowest BCUT2D eigenvalue weighted by Crippen LogP contribution is -2.60. The number of nitrogens with one attached hydrogen (secondary N) is 1. The Bertz CT molecular complexity index is 1400. The molecule has 2 aliphatic carbocycles. The standard InChI is InChI=1S/C30H31ClF3N5O3/c1-18-4-2-7-22(31)26(18)27(28(41)37-20-10-12-30(33,34)13-11-20)38(21-6-3-5-19(32)16-21)29(42)23-8-9-25(40)39(23)24-17-35-14-15-36-24/h2-7,14-18,20,23,26-27H,8-13H2,1H3,(H,37,41)/t18?,23-,26?,27-/m0/s1. The van der Waals surface area contributed by atoms with Crippen LogP contribution in [0.25, 0.3) is 0 Å². The van der Waals surface area contributed by atoms with E-state index in [-0.39, 0.29) is 61.9 Å². The molecule has 3 aliphatic rings. The molecule has 4 atom stereocenters. The van der Waals surface area contributed by atoms with Gasteiger partial charge in [0.15, 0.2) is 5.82 Å². The zero-order valence-electron chi connectivity index (χ0n) is 22.9. The zero-order valence-corrected chi connectivity index (χ0v) is 23.7. The van der Waals surface area contributed by atoms with Gasteiger partial charge in [-0.1, -0.05) is 36.7 Å². The van der Waals surface area contributed by atoms with Gasteiger partial charge >= 0.3 is 0 Å². The van der Waals surface area contributed by atoms with E-state index in [1.165, 1.54) is 46.6 Å². The number of hydrogen-bond acceptors (Lipinski definition) is 5. The van der Waals surface area contributed by atoms with E-state index in [0.29, 0.717) is 5.03 Å². The van der Waals surface area contributed by atoms with Crippen molar-refractivity contribution >= 4 is 40.8 Å². The first-order valence-corrected chi connectivity index (χ1v) is 14.3. The fourth-order valence-corrected chi connectivity index (χ4v) is 6.38. The summed E-state index contributed by atoms with van der Waals surface area (Å²) in [7, 11) is 0. The minimum atomic E-state index is -2.79. The number of alkyl halides is 2. The normalized spacial score (nSPS) is 24.7. The predicted molar refractivity (Wildman–Crippen MR) is 151 cm³/mol. The molecule has 1 aromatic carbocycles. The van der Waals surface area contributed by atoms with Gasteiger partial charge in [0.2, 0.25) is 17.7 Å². The molecule has 1 saturated carbocycles. The molecule has 2 heterocycles. The molecular formula is C30H31ClF3N5O3. The number of halogens is 4. The molecule has 1 N–H and O–H groups in total. The molecule has 42 heavy (non-hydrogen) atoms. The highest BCUT2D eigenvalue weighted by Gasteiger charge is 2.48. The van der Waals surface area contributed by atoms with Gasteiger partial charge in [0.1, 0.15) is 17.9 Å². The van der Waals surface area contributed by atoms with E-state index in [2.05, 4.69) is 15.3 Å². The van der Waals surface area contributed by atoms with Crippen LogP contribution in [0, 0.1) is 17.7 Å². The van der Waals surface area contributed by atoms with Crippen LogP contribution in [-0.4, -0.2) is 51.7 Å². The highest BCUT2D eigenvalue weighted by molar-refractivity contribution is 6.30. The second kappa shape index (κ2) is 12.2. The molecular weight excluding hydrogens is 571 g/mol. The largest absolute Gasteiger partial charge is 0.352 e. The smallest absolute Gasteiger partial charge is 0.251 e. The van der Waals surface area contributed by atoms with Crippen molar-refractivity contribution in [3.05, 3.63) is 71.9 Å². The van der Waals surface area contributed by atoms with E-state index in [1.54, 1.807) is 12.2 Å². The lowest BCUT2D eigenvalue weighted by Gasteiger charge is -2.41. The Kier molecular flexibility index (Phi) is 8.68. The van der Waals surface area contributed by atoms with Crippen LogP contribution in [0.1, 0.15) is 45.4 Å². The first-order chi connectivity index (χ1) is 20.1. The van der Waals surface area contributed by atoms with Crippen molar-refractivity contribution in [1.29, 1.82) is 0 Å². The number of carbonyl (C=O) groups excluding carboxylic acids is 3. The number of carbonyl (C=O) groups is 3. The second-order valence-corrected chi connectivity index (χ2v) is 11.4. The van der Waals surface area contributed by atoms with Crippen molar-refractivity contribution in [3.63, 3.8) is 0 Å². The number of anilines is 2. The van der Waals surface area contributed by atoms with E-state index in [9.17, 15) is 27.6 Å². The third kappa shape index (κ3) is 6.21. The quantitative estimate of drug-likeness (QED) is 0.474. The average molecular weight is 602 g/mol. The molecule has 222 valence electrons. The zero-order chi connectivity index (χ0) is 30.0. The van der Waals surface area contributed by atoms with Gasteiger partial charge < -0.3 is 5.32 Å². The molecule has 2 aromatic rings. The van der Waals surface area contributed by atoms with E-state index < -0.39 is 47.6 Å². The van der Waals surface area contributed by atoms with Gasteiger partial charge in [0.25, 0.3) is 5.91 Å². The number of hydrogen-bond donors (Lipinski definition) is 1. The molecule has 5 rings (SSSR count). The first kappa shape index (κ1) is 29.8. The molecule has 2 unspecified atom stereocenters. The Morgan fingerprint density at radius 1 is 1.19 bits per heavy atom. The SMILES string of the molecule is CC1C=CC=C(Cl)C1[C@@H](C(=O)NC1CCC(F)(F)CC1)N(C(=O)[C@@H]1CCC(=O)N1c1cnccn1)c1cccc(F)c1. The molecule has 1 aromatic heterocycles. The molecule has 0 radical (unpaired) electrons.